The van der Waals surface area contributed by atoms with E-state index in [2.05, 4.69) is 25.8 Å². The third-order valence-electron chi connectivity index (χ3n) is 2.64. The summed E-state index contributed by atoms with van der Waals surface area (Å²) in [5, 5.41) is 0. The summed E-state index contributed by atoms with van der Waals surface area (Å²) in [7, 11) is -0.277. The summed E-state index contributed by atoms with van der Waals surface area (Å²) in [6, 6.07) is 1.25. The second kappa shape index (κ2) is 11.9. The Labute approximate surface area is 115 Å². The van der Waals surface area contributed by atoms with E-state index in [0.29, 0.717) is 5.92 Å². The van der Waals surface area contributed by atoms with Crippen LogP contribution in [0.1, 0.15) is 47.5 Å². The van der Waals surface area contributed by atoms with Gasteiger partial charge in [0.1, 0.15) is 5.91 Å². The third kappa shape index (κ3) is 10.9. The van der Waals surface area contributed by atoms with E-state index in [1.165, 1.54) is 18.2 Å². The molecule has 0 N–H and O–H groups in total. The molecule has 4 heteroatoms. The monoisotopic (exact) mass is 273 g/mol. The highest BCUT2D eigenvalue weighted by Gasteiger charge is 2.07. The first-order valence-corrected chi connectivity index (χ1v) is 9.14. The summed E-state index contributed by atoms with van der Waals surface area (Å²) in [6.45, 7) is 13.1. The average Bonchev–Trinajstić information content (AvgIpc) is 2.28. The van der Waals surface area contributed by atoms with Gasteiger partial charge in [-0.25, -0.2) is 0 Å². The van der Waals surface area contributed by atoms with Crippen LogP contribution in [0.5, 0.6) is 0 Å². The molecule has 0 spiro atoms. The van der Waals surface area contributed by atoms with Gasteiger partial charge in [0.25, 0.3) is 0 Å². The first kappa shape index (κ1) is 17.8. The quantitative estimate of drug-likeness (QED) is 0.251. The minimum atomic E-state index is -0.277. The van der Waals surface area contributed by atoms with Crippen LogP contribution in [0.25, 0.3) is 0 Å². The average molecular weight is 273 g/mol. The molecule has 0 aromatic carbocycles. The molecule has 0 aliphatic rings. The molecule has 0 rings (SSSR count). The van der Waals surface area contributed by atoms with Crippen LogP contribution in [-0.2, 0) is 9.47 Å². The number of nitrogens with zero attached hydrogens (tertiary/aromatic N) is 1. The van der Waals surface area contributed by atoms with Gasteiger partial charge in [-0.2, -0.15) is 0 Å². The zero-order valence-corrected chi connectivity index (χ0v) is 14.3. The third-order valence-corrected chi connectivity index (χ3v) is 4.49. The molecule has 0 unspecified atom stereocenters. The highest BCUT2D eigenvalue weighted by atomic mass is 28.2. The molecule has 0 aromatic rings. The SMILES string of the molecule is CCOC(OCC)[SiH2]CCCN=C(C)CC(C)C. The lowest BCUT2D eigenvalue weighted by atomic mass is 10.1. The molecule has 0 aliphatic heterocycles. The fraction of sp³-hybridized carbons (Fsp3) is 0.929. The van der Waals surface area contributed by atoms with Gasteiger partial charge in [-0.05, 0) is 39.5 Å². The minimum absolute atomic E-state index is 0.112. The summed E-state index contributed by atoms with van der Waals surface area (Å²) in [5.41, 5.74) is 1.29. The van der Waals surface area contributed by atoms with E-state index in [4.69, 9.17) is 9.47 Å². The van der Waals surface area contributed by atoms with Crippen LogP contribution in [0, 0.1) is 5.92 Å². The Hall–Kier alpha value is -0.193. The smallest absolute Gasteiger partial charge is 0.134 e. The summed E-state index contributed by atoms with van der Waals surface area (Å²) < 4.78 is 11.1. The lowest BCUT2D eigenvalue weighted by molar-refractivity contribution is -0.0827. The number of hydrogen-bond donors (Lipinski definition) is 0. The second-order valence-corrected chi connectivity index (χ2v) is 7.00. The molecular weight excluding hydrogens is 242 g/mol. The lowest BCUT2D eigenvalue weighted by Crippen LogP contribution is -2.24. The van der Waals surface area contributed by atoms with Crippen LogP contribution < -0.4 is 0 Å². The van der Waals surface area contributed by atoms with E-state index in [1.54, 1.807) is 0 Å². The van der Waals surface area contributed by atoms with Gasteiger partial charge in [-0.15, -0.1) is 0 Å². The first-order chi connectivity index (χ1) is 8.60. The summed E-state index contributed by atoms with van der Waals surface area (Å²) in [4.78, 5) is 4.61. The van der Waals surface area contributed by atoms with Gasteiger partial charge in [0.15, 0.2) is 0 Å². The van der Waals surface area contributed by atoms with Crippen molar-refractivity contribution in [2.24, 2.45) is 10.9 Å². The Morgan fingerprint density at radius 3 is 2.28 bits per heavy atom. The molecule has 0 fully saturated rings. The lowest BCUT2D eigenvalue weighted by Gasteiger charge is -2.16. The van der Waals surface area contributed by atoms with Crippen molar-refractivity contribution in [2.75, 3.05) is 19.8 Å². The number of hydrogen-bond acceptors (Lipinski definition) is 3. The second-order valence-electron chi connectivity index (χ2n) is 5.05. The van der Waals surface area contributed by atoms with Crippen LogP contribution in [0.4, 0.5) is 0 Å². The Kier molecular flexibility index (Phi) is 11.7. The van der Waals surface area contributed by atoms with E-state index in [-0.39, 0.29) is 15.4 Å². The fourth-order valence-corrected chi connectivity index (χ4v) is 3.59. The van der Waals surface area contributed by atoms with E-state index >= 15 is 0 Å². The van der Waals surface area contributed by atoms with Crippen molar-refractivity contribution >= 4 is 15.2 Å². The molecule has 0 heterocycles. The maximum Gasteiger partial charge on any atom is 0.134 e. The normalized spacial score (nSPS) is 13.4. The minimum Gasteiger partial charge on any atom is -0.357 e. The largest absolute Gasteiger partial charge is 0.357 e. The summed E-state index contributed by atoms with van der Waals surface area (Å²) in [5.74, 6) is 0.823. The maximum atomic E-state index is 5.57. The topological polar surface area (TPSA) is 30.8 Å². The predicted octanol–water partition coefficient (Wildman–Crippen LogP) is 2.83. The molecule has 0 saturated heterocycles. The van der Waals surface area contributed by atoms with Gasteiger partial charge in [0.05, 0.1) is 9.52 Å². The summed E-state index contributed by atoms with van der Waals surface area (Å²) in [6.07, 6.45) is 2.30. The molecule has 18 heavy (non-hydrogen) atoms. The standard InChI is InChI=1S/C14H31NO2Si/c1-6-16-14(17-7-2)18-10-8-9-15-13(5)11-12(3)4/h12,14H,6-11,18H2,1-5H3. The van der Waals surface area contributed by atoms with Crippen molar-refractivity contribution in [1.29, 1.82) is 0 Å². The summed E-state index contributed by atoms with van der Waals surface area (Å²) >= 11 is 0. The molecule has 0 bridgehead atoms. The van der Waals surface area contributed by atoms with Crippen molar-refractivity contribution in [3.05, 3.63) is 0 Å². The van der Waals surface area contributed by atoms with E-state index in [9.17, 15) is 0 Å². The van der Waals surface area contributed by atoms with Crippen molar-refractivity contribution in [3.8, 4) is 0 Å². The Morgan fingerprint density at radius 1 is 1.17 bits per heavy atom. The van der Waals surface area contributed by atoms with Gasteiger partial charge in [-0.1, -0.05) is 19.9 Å². The van der Waals surface area contributed by atoms with Gasteiger partial charge >= 0.3 is 0 Å². The van der Waals surface area contributed by atoms with Crippen LogP contribution in [0.2, 0.25) is 6.04 Å². The van der Waals surface area contributed by atoms with Gasteiger partial charge in [0, 0.05) is 25.5 Å². The number of aliphatic imine (C=N–C) groups is 1. The maximum absolute atomic E-state index is 5.57. The highest BCUT2D eigenvalue weighted by Crippen LogP contribution is 2.03. The Bertz CT molecular complexity index is 214. The highest BCUT2D eigenvalue weighted by molar-refractivity contribution is 6.36. The van der Waals surface area contributed by atoms with Crippen molar-refractivity contribution in [1.82, 2.24) is 0 Å². The van der Waals surface area contributed by atoms with Crippen LogP contribution in [0.3, 0.4) is 0 Å². The molecule has 0 aliphatic carbocycles. The molecule has 0 atom stereocenters. The Morgan fingerprint density at radius 2 is 1.78 bits per heavy atom. The molecule has 108 valence electrons. The molecular formula is C14H31NO2Si. The van der Waals surface area contributed by atoms with Gasteiger partial charge in [0.2, 0.25) is 0 Å². The van der Waals surface area contributed by atoms with Crippen molar-refractivity contribution in [2.45, 2.75) is 59.4 Å². The van der Waals surface area contributed by atoms with Crippen molar-refractivity contribution in [3.63, 3.8) is 0 Å². The van der Waals surface area contributed by atoms with E-state index in [1.807, 2.05) is 13.8 Å². The predicted molar refractivity (Wildman–Crippen MR) is 82.4 cm³/mol. The van der Waals surface area contributed by atoms with Crippen LogP contribution in [-0.4, -0.2) is 40.9 Å². The van der Waals surface area contributed by atoms with Crippen LogP contribution in [0.15, 0.2) is 4.99 Å². The molecule has 0 amide bonds. The molecule has 0 saturated carbocycles. The van der Waals surface area contributed by atoms with Gasteiger partial charge in [-0.3, -0.25) is 4.99 Å². The zero-order valence-electron chi connectivity index (χ0n) is 12.9. The van der Waals surface area contributed by atoms with E-state index in [0.717, 1.165) is 26.2 Å². The molecule has 0 radical (unpaired) electrons. The number of ether oxygens (including phenoxy) is 2. The van der Waals surface area contributed by atoms with E-state index < -0.39 is 0 Å². The first-order valence-electron chi connectivity index (χ1n) is 7.33. The van der Waals surface area contributed by atoms with Gasteiger partial charge < -0.3 is 9.47 Å². The zero-order chi connectivity index (χ0) is 13.8. The fourth-order valence-electron chi connectivity index (χ4n) is 1.93. The van der Waals surface area contributed by atoms with Crippen LogP contribution >= 0.6 is 0 Å². The van der Waals surface area contributed by atoms with Crippen molar-refractivity contribution < 1.29 is 9.47 Å². The molecule has 3 nitrogen and oxygen atoms in total. The number of rotatable bonds is 11. The Balaban J connectivity index is 3.64. The molecule has 0 aromatic heterocycles.